The summed E-state index contributed by atoms with van der Waals surface area (Å²) in [5.74, 6) is 0.699. The highest BCUT2D eigenvalue weighted by molar-refractivity contribution is 7.17. The molecule has 0 amide bonds. The van der Waals surface area contributed by atoms with Gasteiger partial charge in [-0.1, -0.05) is 47.5 Å². The summed E-state index contributed by atoms with van der Waals surface area (Å²) in [6.45, 7) is 2.08. The average Bonchev–Trinajstić information content (AvgIpc) is 3.17. The zero-order valence-electron chi connectivity index (χ0n) is 11.7. The highest BCUT2D eigenvalue weighted by Gasteiger charge is 2.15. The third-order valence-electron chi connectivity index (χ3n) is 3.49. The molecule has 4 rings (SSSR count). The molecule has 3 aromatic heterocycles. The number of rotatable bonds is 2. The summed E-state index contributed by atoms with van der Waals surface area (Å²) < 4.78 is 0. The molecule has 0 N–H and O–H groups in total. The highest BCUT2D eigenvalue weighted by Crippen LogP contribution is 2.38. The van der Waals surface area contributed by atoms with Crippen LogP contribution in [0.15, 0.2) is 47.2 Å². The molecule has 0 aliphatic carbocycles. The maximum absolute atomic E-state index is 6.47. The number of fused-ring (bicyclic) bond motifs is 1. The molecule has 0 aliphatic rings. The Morgan fingerprint density at radius 1 is 1.00 bits per heavy atom. The first-order valence-corrected chi connectivity index (χ1v) is 8.92. The minimum atomic E-state index is 0.519. The second kappa shape index (κ2) is 5.47. The Hall–Kier alpha value is -1.75. The van der Waals surface area contributed by atoms with Crippen molar-refractivity contribution in [2.75, 3.05) is 0 Å². The van der Waals surface area contributed by atoms with E-state index in [9.17, 15) is 0 Å². The van der Waals surface area contributed by atoms with Crippen molar-refractivity contribution in [1.82, 2.24) is 9.97 Å². The number of hydrogen-bond donors (Lipinski definition) is 0. The van der Waals surface area contributed by atoms with E-state index in [1.54, 1.807) is 22.7 Å². The molecule has 108 valence electrons. The summed E-state index contributed by atoms with van der Waals surface area (Å²) in [7, 11) is 0. The normalized spacial score (nSPS) is 11.2. The molecule has 5 heteroatoms. The monoisotopic (exact) mass is 342 g/mol. The van der Waals surface area contributed by atoms with Gasteiger partial charge in [0.15, 0.2) is 5.82 Å². The summed E-state index contributed by atoms with van der Waals surface area (Å²) in [6.07, 6.45) is 0. The fourth-order valence-corrected chi connectivity index (χ4v) is 4.29. The maximum atomic E-state index is 6.47. The lowest BCUT2D eigenvalue weighted by Gasteiger charge is -2.03. The minimum absolute atomic E-state index is 0.519. The lowest BCUT2D eigenvalue weighted by molar-refractivity contribution is 1.25. The van der Waals surface area contributed by atoms with E-state index in [4.69, 9.17) is 11.6 Å². The van der Waals surface area contributed by atoms with Crippen LogP contribution in [0.25, 0.3) is 32.0 Å². The van der Waals surface area contributed by atoms with E-state index in [0.29, 0.717) is 11.0 Å². The second-order valence-corrected chi connectivity index (χ2v) is 7.17. The van der Waals surface area contributed by atoms with E-state index < -0.39 is 0 Å². The first-order chi connectivity index (χ1) is 10.7. The van der Waals surface area contributed by atoms with Crippen LogP contribution in [0, 0.1) is 6.92 Å². The van der Waals surface area contributed by atoms with Crippen molar-refractivity contribution in [3.8, 4) is 21.8 Å². The van der Waals surface area contributed by atoms with Crippen molar-refractivity contribution in [1.29, 1.82) is 0 Å². The van der Waals surface area contributed by atoms with Crippen LogP contribution < -0.4 is 0 Å². The number of aryl methyl sites for hydroxylation is 1. The van der Waals surface area contributed by atoms with E-state index in [1.807, 2.05) is 17.5 Å². The summed E-state index contributed by atoms with van der Waals surface area (Å²) in [6, 6.07) is 12.4. The molecule has 0 bridgehead atoms. The summed E-state index contributed by atoms with van der Waals surface area (Å²) in [4.78, 5) is 11.1. The van der Waals surface area contributed by atoms with Crippen molar-refractivity contribution >= 4 is 44.5 Å². The summed E-state index contributed by atoms with van der Waals surface area (Å²) in [5, 5.41) is 5.58. The third kappa shape index (κ3) is 2.33. The van der Waals surface area contributed by atoms with Gasteiger partial charge in [-0.15, -0.1) is 22.7 Å². The Morgan fingerprint density at radius 3 is 2.55 bits per heavy atom. The van der Waals surface area contributed by atoms with Crippen molar-refractivity contribution in [3.63, 3.8) is 0 Å². The van der Waals surface area contributed by atoms with Gasteiger partial charge in [-0.2, -0.15) is 0 Å². The predicted octanol–water partition coefficient (Wildman–Crippen LogP) is 6.05. The van der Waals surface area contributed by atoms with Crippen LogP contribution in [0.4, 0.5) is 0 Å². The number of benzene rings is 1. The smallest absolute Gasteiger partial charge is 0.172 e. The van der Waals surface area contributed by atoms with Crippen molar-refractivity contribution in [3.05, 3.63) is 57.9 Å². The van der Waals surface area contributed by atoms with Crippen LogP contribution >= 0.6 is 34.3 Å². The highest BCUT2D eigenvalue weighted by atomic mass is 35.5. The van der Waals surface area contributed by atoms with Gasteiger partial charge in [0.1, 0.15) is 9.98 Å². The first-order valence-electron chi connectivity index (χ1n) is 6.78. The number of thiophene rings is 2. The standard InChI is InChI=1S/C17H11ClN2S2/c1-10-4-6-11(7-5-10)12-9-22-17-14(12)15(18)19-16(20-17)13-3-2-8-21-13/h2-9H,1H3. The fourth-order valence-electron chi connectivity index (χ4n) is 2.36. The predicted molar refractivity (Wildman–Crippen MR) is 95.9 cm³/mol. The largest absolute Gasteiger partial charge is 0.216 e. The molecule has 0 unspecified atom stereocenters. The Labute approximate surface area is 141 Å². The molecule has 0 radical (unpaired) electrons. The quantitative estimate of drug-likeness (QED) is 0.414. The number of aromatic nitrogens is 2. The van der Waals surface area contributed by atoms with Crippen LogP contribution in [-0.4, -0.2) is 9.97 Å². The molecule has 0 atom stereocenters. The molecule has 4 aromatic rings. The molecule has 2 nitrogen and oxygen atoms in total. The lowest BCUT2D eigenvalue weighted by atomic mass is 10.1. The van der Waals surface area contributed by atoms with Gasteiger partial charge in [0.05, 0.1) is 10.3 Å². The Morgan fingerprint density at radius 2 is 1.82 bits per heavy atom. The lowest BCUT2D eigenvalue weighted by Crippen LogP contribution is -1.88. The van der Waals surface area contributed by atoms with Crippen LogP contribution in [0.3, 0.4) is 0 Å². The fraction of sp³-hybridized carbons (Fsp3) is 0.0588. The minimum Gasteiger partial charge on any atom is -0.216 e. The Kier molecular flexibility index (Phi) is 3.45. The molecule has 1 aromatic carbocycles. The van der Waals surface area contributed by atoms with Crippen LogP contribution in [0.2, 0.25) is 5.15 Å². The average molecular weight is 343 g/mol. The number of hydrogen-bond acceptors (Lipinski definition) is 4. The number of nitrogens with zero attached hydrogens (tertiary/aromatic N) is 2. The first kappa shape index (κ1) is 13.9. The zero-order chi connectivity index (χ0) is 15.1. The van der Waals surface area contributed by atoms with Gasteiger partial charge in [0.2, 0.25) is 0 Å². The topological polar surface area (TPSA) is 25.8 Å². The molecular formula is C17H11ClN2S2. The third-order valence-corrected chi connectivity index (χ3v) is 5.51. The van der Waals surface area contributed by atoms with Gasteiger partial charge in [-0.05, 0) is 23.9 Å². The molecule has 3 heterocycles. The molecule has 0 saturated carbocycles. The molecule has 0 fully saturated rings. The molecule has 0 aliphatic heterocycles. The Bertz CT molecular complexity index is 941. The zero-order valence-corrected chi connectivity index (χ0v) is 14.1. The van der Waals surface area contributed by atoms with Crippen LogP contribution in [0.5, 0.6) is 0 Å². The van der Waals surface area contributed by atoms with Crippen molar-refractivity contribution < 1.29 is 0 Å². The van der Waals surface area contributed by atoms with E-state index in [-0.39, 0.29) is 0 Å². The van der Waals surface area contributed by atoms with E-state index in [0.717, 1.165) is 26.2 Å². The summed E-state index contributed by atoms with van der Waals surface area (Å²) >= 11 is 9.69. The summed E-state index contributed by atoms with van der Waals surface area (Å²) in [5.41, 5.74) is 3.49. The molecule has 0 saturated heterocycles. The van der Waals surface area contributed by atoms with E-state index >= 15 is 0 Å². The van der Waals surface area contributed by atoms with Crippen molar-refractivity contribution in [2.24, 2.45) is 0 Å². The Balaban J connectivity index is 1.91. The van der Waals surface area contributed by atoms with Crippen LogP contribution in [-0.2, 0) is 0 Å². The molecule has 0 spiro atoms. The van der Waals surface area contributed by atoms with Gasteiger partial charge in [0.25, 0.3) is 0 Å². The van der Waals surface area contributed by atoms with Gasteiger partial charge in [0, 0.05) is 10.9 Å². The molecule has 22 heavy (non-hydrogen) atoms. The van der Waals surface area contributed by atoms with E-state index in [1.165, 1.54) is 5.56 Å². The SMILES string of the molecule is Cc1ccc(-c2csc3nc(-c4cccs4)nc(Cl)c23)cc1. The van der Waals surface area contributed by atoms with Gasteiger partial charge >= 0.3 is 0 Å². The van der Waals surface area contributed by atoms with Crippen molar-refractivity contribution in [2.45, 2.75) is 6.92 Å². The maximum Gasteiger partial charge on any atom is 0.172 e. The van der Waals surface area contributed by atoms with Gasteiger partial charge in [-0.3, -0.25) is 0 Å². The number of halogens is 1. The second-order valence-electron chi connectivity index (χ2n) is 5.01. The van der Waals surface area contributed by atoms with Gasteiger partial charge in [-0.25, -0.2) is 9.97 Å². The van der Waals surface area contributed by atoms with Crippen LogP contribution in [0.1, 0.15) is 5.56 Å². The molecular weight excluding hydrogens is 332 g/mol. The van der Waals surface area contributed by atoms with E-state index in [2.05, 4.69) is 46.5 Å². The van der Waals surface area contributed by atoms with Gasteiger partial charge < -0.3 is 0 Å².